The number of fused-ring (bicyclic) bond motifs is 3. The minimum absolute atomic E-state index is 0.0683. The summed E-state index contributed by atoms with van der Waals surface area (Å²) in [4.78, 5) is 11.1. The Morgan fingerprint density at radius 2 is 1.88 bits per heavy atom. The van der Waals surface area contributed by atoms with E-state index in [0.29, 0.717) is 12.1 Å². The zero-order valence-corrected chi connectivity index (χ0v) is 13.6. The van der Waals surface area contributed by atoms with Gasteiger partial charge in [0.25, 0.3) is 0 Å². The van der Waals surface area contributed by atoms with Crippen molar-refractivity contribution in [1.29, 1.82) is 0 Å². The predicted octanol–water partition coefficient (Wildman–Crippen LogP) is 3.90. The van der Waals surface area contributed by atoms with Crippen LogP contribution in [0.5, 0.6) is 0 Å². The van der Waals surface area contributed by atoms with Gasteiger partial charge in [-0.05, 0) is 47.2 Å². The number of hydrogen-bond donors (Lipinski definition) is 1. The summed E-state index contributed by atoms with van der Waals surface area (Å²) in [5.74, 6) is -1.50. The zero-order valence-electron chi connectivity index (χ0n) is 13.6. The number of halogens is 3. The highest BCUT2D eigenvalue weighted by molar-refractivity contribution is 5.87. The molecule has 1 N–H and O–H groups in total. The van der Waals surface area contributed by atoms with Gasteiger partial charge in [-0.3, -0.25) is 0 Å². The van der Waals surface area contributed by atoms with Crippen molar-refractivity contribution in [2.45, 2.75) is 24.6 Å². The molecule has 0 unspecified atom stereocenters. The fraction of sp³-hybridized carbons (Fsp3) is 0.250. The van der Waals surface area contributed by atoms with Crippen LogP contribution in [0.4, 0.5) is 18.9 Å². The molecule has 1 aliphatic heterocycles. The number of aromatic carboxylic acids is 1. The molecule has 26 heavy (non-hydrogen) atoms. The maximum atomic E-state index is 13.5. The Balaban J connectivity index is 1.81. The van der Waals surface area contributed by atoms with E-state index in [-0.39, 0.29) is 23.0 Å². The molecule has 0 aromatic heterocycles. The van der Waals surface area contributed by atoms with Crippen LogP contribution in [0.1, 0.15) is 45.4 Å². The van der Waals surface area contributed by atoms with Crippen LogP contribution in [0.15, 0.2) is 54.6 Å². The van der Waals surface area contributed by atoms with Crippen molar-refractivity contribution in [2.75, 3.05) is 5.32 Å². The van der Waals surface area contributed by atoms with Crippen LogP contribution in [0.3, 0.4) is 0 Å². The van der Waals surface area contributed by atoms with E-state index in [9.17, 15) is 23.1 Å². The molecule has 2 aromatic rings. The molecule has 0 radical (unpaired) electrons. The maximum absolute atomic E-state index is 13.5. The summed E-state index contributed by atoms with van der Waals surface area (Å²) in [5, 5.41) is 14.4. The molecule has 3 nitrogen and oxygen atoms in total. The lowest BCUT2D eigenvalue weighted by atomic mass is 9.75. The van der Waals surface area contributed by atoms with Crippen molar-refractivity contribution in [3.05, 3.63) is 76.9 Å². The molecule has 1 heterocycles. The van der Waals surface area contributed by atoms with E-state index in [1.807, 2.05) is 12.2 Å². The SMILES string of the molecule is O=C([O-])c1ccc2c(c1)[C@H]1C=CC[C@@H]1[C@@H](c1ccccc1C(F)(F)F)N2. The van der Waals surface area contributed by atoms with E-state index in [1.165, 1.54) is 18.2 Å². The second kappa shape index (κ2) is 5.90. The number of carboxylic acid groups (broad SMARTS) is 1. The monoisotopic (exact) mass is 358 g/mol. The first kappa shape index (κ1) is 16.7. The van der Waals surface area contributed by atoms with Gasteiger partial charge in [0.05, 0.1) is 17.6 Å². The molecule has 3 atom stereocenters. The Labute approximate surface area is 148 Å². The van der Waals surface area contributed by atoms with E-state index >= 15 is 0 Å². The van der Waals surface area contributed by atoms with Crippen molar-refractivity contribution in [1.82, 2.24) is 0 Å². The molecule has 0 amide bonds. The fourth-order valence-electron chi connectivity index (χ4n) is 4.06. The minimum Gasteiger partial charge on any atom is -0.545 e. The summed E-state index contributed by atoms with van der Waals surface area (Å²) in [7, 11) is 0. The number of rotatable bonds is 2. The van der Waals surface area contributed by atoms with E-state index in [1.54, 1.807) is 18.2 Å². The van der Waals surface area contributed by atoms with Gasteiger partial charge >= 0.3 is 6.18 Å². The van der Waals surface area contributed by atoms with Crippen molar-refractivity contribution < 1.29 is 23.1 Å². The lowest BCUT2D eigenvalue weighted by Gasteiger charge is -2.38. The van der Waals surface area contributed by atoms with Crippen molar-refractivity contribution in [2.24, 2.45) is 5.92 Å². The number of carbonyl (C=O) groups is 1. The molecule has 0 fully saturated rings. The van der Waals surface area contributed by atoms with Crippen LogP contribution < -0.4 is 10.4 Å². The molecule has 134 valence electrons. The first-order chi connectivity index (χ1) is 12.4. The molecule has 6 heteroatoms. The number of carboxylic acids is 1. The van der Waals surface area contributed by atoms with Crippen molar-refractivity contribution in [3.8, 4) is 0 Å². The van der Waals surface area contributed by atoms with Gasteiger partial charge in [-0.1, -0.05) is 36.4 Å². The van der Waals surface area contributed by atoms with Gasteiger partial charge in [0, 0.05) is 11.6 Å². The number of benzene rings is 2. The molecular formula is C20H15F3NO2-. The lowest BCUT2D eigenvalue weighted by Crippen LogP contribution is -2.31. The van der Waals surface area contributed by atoms with Crippen molar-refractivity contribution >= 4 is 11.7 Å². The Hall–Kier alpha value is -2.76. The fourth-order valence-corrected chi connectivity index (χ4v) is 4.06. The van der Waals surface area contributed by atoms with Gasteiger partial charge < -0.3 is 15.2 Å². The molecule has 4 rings (SSSR count). The second-order valence-electron chi connectivity index (χ2n) is 6.65. The van der Waals surface area contributed by atoms with Crippen LogP contribution in [0.2, 0.25) is 0 Å². The normalized spacial score (nSPS) is 23.9. The number of anilines is 1. The zero-order chi connectivity index (χ0) is 18.5. The Morgan fingerprint density at radius 1 is 1.12 bits per heavy atom. The summed E-state index contributed by atoms with van der Waals surface area (Å²) < 4.78 is 40.4. The molecule has 0 spiro atoms. The van der Waals surface area contributed by atoms with Crippen LogP contribution >= 0.6 is 0 Å². The van der Waals surface area contributed by atoms with E-state index in [2.05, 4.69) is 5.32 Å². The smallest absolute Gasteiger partial charge is 0.416 e. The van der Waals surface area contributed by atoms with E-state index in [0.717, 1.165) is 11.6 Å². The van der Waals surface area contributed by atoms with Crippen molar-refractivity contribution in [3.63, 3.8) is 0 Å². The van der Waals surface area contributed by atoms with Crippen LogP contribution in [0, 0.1) is 5.92 Å². The summed E-state index contributed by atoms with van der Waals surface area (Å²) in [5.41, 5.74) is 1.08. The molecular weight excluding hydrogens is 343 g/mol. The number of nitrogens with one attached hydrogen (secondary N) is 1. The highest BCUT2D eigenvalue weighted by atomic mass is 19.4. The number of allylic oxidation sites excluding steroid dienone is 2. The third-order valence-electron chi connectivity index (χ3n) is 5.20. The minimum atomic E-state index is -4.43. The Morgan fingerprint density at radius 3 is 2.62 bits per heavy atom. The third-order valence-corrected chi connectivity index (χ3v) is 5.20. The topological polar surface area (TPSA) is 52.2 Å². The van der Waals surface area contributed by atoms with Gasteiger partial charge in [0.2, 0.25) is 0 Å². The van der Waals surface area contributed by atoms with Gasteiger partial charge in [0.1, 0.15) is 0 Å². The Bertz CT molecular complexity index is 904. The summed E-state index contributed by atoms with van der Waals surface area (Å²) in [6.45, 7) is 0. The molecule has 0 saturated heterocycles. The average Bonchev–Trinajstić information content (AvgIpc) is 3.10. The summed E-state index contributed by atoms with van der Waals surface area (Å²) in [6.07, 6.45) is 0.0933. The van der Waals surface area contributed by atoms with Gasteiger partial charge in [-0.2, -0.15) is 13.2 Å². The highest BCUT2D eigenvalue weighted by Gasteiger charge is 2.42. The quantitative estimate of drug-likeness (QED) is 0.829. The van der Waals surface area contributed by atoms with Gasteiger partial charge in [0.15, 0.2) is 0 Å². The second-order valence-corrected chi connectivity index (χ2v) is 6.65. The first-order valence-electron chi connectivity index (χ1n) is 8.31. The van der Waals surface area contributed by atoms with Crippen LogP contribution in [-0.4, -0.2) is 5.97 Å². The third kappa shape index (κ3) is 2.66. The number of alkyl halides is 3. The Kier molecular flexibility index (Phi) is 3.79. The van der Waals surface area contributed by atoms with Gasteiger partial charge in [-0.15, -0.1) is 0 Å². The highest BCUT2D eigenvalue weighted by Crippen LogP contribution is 2.51. The molecule has 2 aromatic carbocycles. The van der Waals surface area contributed by atoms with E-state index in [4.69, 9.17) is 0 Å². The van der Waals surface area contributed by atoms with Gasteiger partial charge in [-0.25, -0.2) is 0 Å². The average molecular weight is 358 g/mol. The standard InChI is InChI=1S/C20H16F3NO2/c21-20(22,23)16-7-2-1-4-14(16)18-13-6-3-5-12(13)15-10-11(19(25)26)8-9-17(15)24-18/h1-5,7-10,12-13,18,24H,6H2,(H,25,26)/p-1/t12-,13-,18-/m0/s1. The largest absolute Gasteiger partial charge is 0.545 e. The summed E-state index contributed by atoms with van der Waals surface area (Å²) >= 11 is 0. The van der Waals surface area contributed by atoms with Crippen LogP contribution in [-0.2, 0) is 6.18 Å². The summed E-state index contributed by atoms with van der Waals surface area (Å²) in [6, 6.07) is 9.67. The molecule has 1 aliphatic carbocycles. The molecule has 2 aliphatic rings. The molecule has 0 saturated carbocycles. The molecule has 0 bridgehead atoms. The number of hydrogen-bond acceptors (Lipinski definition) is 3. The predicted molar refractivity (Wildman–Crippen MR) is 88.6 cm³/mol. The first-order valence-corrected chi connectivity index (χ1v) is 8.31. The van der Waals surface area contributed by atoms with Crippen LogP contribution in [0.25, 0.3) is 0 Å². The lowest BCUT2D eigenvalue weighted by molar-refractivity contribution is -0.255. The maximum Gasteiger partial charge on any atom is 0.416 e. The van der Waals surface area contributed by atoms with E-state index < -0.39 is 23.8 Å². The number of carbonyl (C=O) groups excluding carboxylic acids is 1.